The molecule has 0 saturated carbocycles. The normalized spacial score (nSPS) is 11.1. The fraction of sp³-hybridized carbons (Fsp3) is 0.148. The van der Waals surface area contributed by atoms with Crippen molar-refractivity contribution in [2.75, 3.05) is 11.9 Å². The van der Waals surface area contributed by atoms with Crippen LogP contribution < -0.4 is 10.6 Å². The topological polar surface area (TPSA) is 89.2 Å². The number of carbonyl (C=O) groups is 2. The lowest BCUT2D eigenvalue weighted by Gasteiger charge is -2.09. The first-order chi connectivity index (χ1) is 16.6. The van der Waals surface area contributed by atoms with Gasteiger partial charge in [-0.15, -0.1) is 0 Å². The molecule has 34 heavy (non-hydrogen) atoms. The van der Waals surface area contributed by atoms with E-state index < -0.39 is 0 Å². The summed E-state index contributed by atoms with van der Waals surface area (Å²) >= 11 is 0. The molecule has 0 radical (unpaired) electrons. The minimum atomic E-state index is -0.316. The first-order valence-corrected chi connectivity index (χ1v) is 11.1. The van der Waals surface area contributed by atoms with Crippen molar-refractivity contribution in [2.24, 2.45) is 0 Å². The molecule has 2 heterocycles. The molecule has 0 aliphatic carbocycles. The van der Waals surface area contributed by atoms with E-state index in [4.69, 9.17) is 4.42 Å². The number of fused-ring (bicyclic) bond motifs is 2. The standard InChI is InChI=1S/C27H24N4O3/c1-18-29-22-7-3-4-8-23(22)31(18)15-14-28-26(32)16-19-10-12-21(13-11-19)30-27(33)25-17-20-6-2-5-9-24(20)34-25/h2-13,17H,14-16H2,1H3,(H,28,32)(H,30,33). The average Bonchev–Trinajstić information content (AvgIpc) is 3.41. The van der Waals surface area contributed by atoms with Crippen molar-refractivity contribution in [1.82, 2.24) is 14.9 Å². The van der Waals surface area contributed by atoms with E-state index in [-0.39, 0.29) is 24.0 Å². The Kier molecular flexibility index (Phi) is 5.82. The molecule has 5 rings (SSSR count). The monoisotopic (exact) mass is 452 g/mol. The molecule has 0 aliphatic rings. The third-order valence-electron chi connectivity index (χ3n) is 5.73. The van der Waals surface area contributed by atoms with E-state index in [1.165, 1.54) is 0 Å². The lowest BCUT2D eigenvalue weighted by Crippen LogP contribution is -2.28. The minimum absolute atomic E-state index is 0.0545. The number of hydrogen-bond acceptors (Lipinski definition) is 4. The predicted octanol–water partition coefficient (Wildman–Crippen LogP) is 4.70. The molecule has 0 bridgehead atoms. The number of anilines is 1. The Morgan fingerprint density at radius 2 is 1.74 bits per heavy atom. The SMILES string of the molecule is Cc1nc2ccccc2n1CCNC(=O)Cc1ccc(NC(=O)c2cc3ccccc3o2)cc1. The number of furan rings is 1. The Labute approximate surface area is 196 Å². The molecule has 0 atom stereocenters. The van der Waals surface area contributed by atoms with Crippen LogP contribution in [0.15, 0.2) is 83.3 Å². The van der Waals surface area contributed by atoms with Gasteiger partial charge < -0.3 is 19.6 Å². The molecule has 0 saturated heterocycles. The second-order valence-corrected chi connectivity index (χ2v) is 8.13. The molecular weight excluding hydrogens is 428 g/mol. The van der Waals surface area contributed by atoms with Gasteiger partial charge >= 0.3 is 0 Å². The summed E-state index contributed by atoms with van der Waals surface area (Å²) in [6.45, 7) is 3.15. The van der Waals surface area contributed by atoms with Crippen LogP contribution in [0, 0.1) is 6.92 Å². The van der Waals surface area contributed by atoms with E-state index in [0.29, 0.717) is 24.4 Å². The highest BCUT2D eigenvalue weighted by Gasteiger charge is 2.13. The van der Waals surface area contributed by atoms with Crippen LogP contribution in [-0.4, -0.2) is 27.9 Å². The fourth-order valence-corrected chi connectivity index (χ4v) is 4.03. The molecular formula is C27H24N4O3. The van der Waals surface area contributed by atoms with Crippen molar-refractivity contribution in [2.45, 2.75) is 19.9 Å². The van der Waals surface area contributed by atoms with Crippen LogP contribution >= 0.6 is 0 Å². The Balaban J connectivity index is 1.13. The van der Waals surface area contributed by atoms with Crippen LogP contribution in [0.2, 0.25) is 0 Å². The highest BCUT2D eigenvalue weighted by Crippen LogP contribution is 2.20. The lowest BCUT2D eigenvalue weighted by molar-refractivity contribution is -0.120. The van der Waals surface area contributed by atoms with E-state index in [1.807, 2.05) is 67.6 Å². The zero-order valence-electron chi connectivity index (χ0n) is 18.7. The van der Waals surface area contributed by atoms with E-state index in [9.17, 15) is 9.59 Å². The van der Waals surface area contributed by atoms with Crippen LogP contribution in [0.5, 0.6) is 0 Å². The smallest absolute Gasteiger partial charge is 0.291 e. The third kappa shape index (κ3) is 4.54. The molecule has 5 aromatic rings. The molecule has 0 fully saturated rings. The zero-order chi connectivity index (χ0) is 23.5. The average molecular weight is 453 g/mol. The predicted molar refractivity (Wildman–Crippen MR) is 132 cm³/mol. The summed E-state index contributed by atoms with van der Waals surface area (Å²) in [7, 11) is 0. The molecule has 2 amide bonds. The van der Waals surface area contributed by atoms with Crippen LogP contribution in [0.3, 0.4) is 0 Å². The summed E-state index contributed by atoms with van der Waals surface area (Å²) in [4.78, 5) is 29.4. The maximum absolute atomic E-state index is 12.5. The Morgan fingerprint density at radius 3 is 2.56 bits per heavy atom. The number of amides is 2. The summed E-state index contributed by atoms with van der Waals surface area (Å²) in [5.41, 5.74) is 4.19. The molecule has 0 aliphatic heterocycles. The highest BCUT2D eigenvalue weighted by molar-refractivity contribution is 6.04. The quantitative estimate of drug-likeness (QED) is 0.375. The van der Waals surface area contributed by atoms with Crippen molar-refractivity contribution in [1.29, 1.82) is 0 Å². The molecule has 0 unspecified atom stereocenters. The number of hydrogen-bond donors (Lipinski definition) is 2. The number of aromatic nitrogens is 2. The van der Waals surface area contributed by atoms with Gasteiger partial charge in [0.05, 0.1) is 17.5 Å². The first kappa shape index (κ1) is 21.5. The molecule has 2 N–H and O–H groups in total. The van der Waals surface area contributed by atoms with Gasteiger partial charge in [-0.1, -0.05) is 42.5 Å². The zero-order valence-corrected chi connectivity index (χ0v) is 18.7. The number of carbonyl (C=O) groups excluding carboxylic acids is 2. The van der Waals surface area contributed by atoms with Crippen molar-refractivity contribution in [3.63, 3.8) is 0 Å². The van der Waals surface area contributed by atoms with Crippen molar-refractivity contribution in [3.05, 3.63) is 96.0 Å². The number of nitrogens with one attached hydrogen (secondary N) is 2. The van der Waals surface area contributed by atoms with Gasteiger partial charge in [-0.05, 0) is 48.9 Å². The highest BCUT2D eigenvalue weighted by atomic mass is 16.3. The summed E-state index contributed by atoms with van der Waals surface area (Å²) in [5.74, 6) is 0.812. The van der Waals surface area contributed by atoms with Crippen LogP contribution in [0.25, 0.3) is 22.0 Å². The number of benzene rings is 3. The number of rotatable bonds is 7. The van der Waals surface area contributed by atoms with Crippen LogP contribution in [-0.2, 0) is 17.8 Å². The van der Waals surface area contributed by atoms with Gasteiger partial charge in [-0.25, -0.2) is 4.98 Å². The summed E-state index contributed by atoms with van der Waals surface area (Å²) in [6, 6.07) is 24.4. The van der Waals surface area contributed by atoms with Crippen molar-refractivity contribution >= 4 is 39.5 Å². The largest absolute Gasteiger partial charge is 0.451 e. The van der Waals surface area contributed by atoms with Crippen LogP contribution in [0.4, 0.5) is 5.69 Å². The Morgan fingerprint density at radius 1 is 0.971 bits per heavy atom. The van der Waals surface area contributed by atoms with Gasteiger partial charge in [0.25, 0.3) is 5.91 Å². The van der Waals surface area contributed by atoms with Gasteiger partial charge in [0.15, 0.2) is 5.76 Å². The molecule has 2 aromatic heterocycles. The maximum Gasteiger partial charge on any atom is 0.291 e. The summed E-state index contributed by atoms with van der Waals surface area (Å²) < 4.78 is 7.71. The van der Waals surface area contributed by atoms with Crippen molar-refractivity contribution < 1.29 is 14.0 Å². The number of aryl methyl sites for hydroxylation is 1. The maximum atomic E-state index is 12.5. The molecule has 7 nitrogen and oxygen atoms in total. The number of imidazole rings is 1. The van der Waals surface area contributed by atoms with Gasteiger partial charge in [-0.3, -0.25) is 9.59 Å². The number of para-hydroxylation sites is 3. The van der Waals surface area contributed by atoms with Gasteiger partial charge in [0.2, 0.25) is 5.91 Å². The van der Waals surface area contributed by atoms with Crippen molar-refractivity contribution in [3.8, 4) is 0 Å². The Hall–Kier alpha value is -4.39. The van der Waals surface area contributed by atoms with E-state index in [0.717, 1.165) is 27.8 Å². The third-order valence-corrected chi connectivity index (χ3v) is 5.73. The van der Waals surface area contributed by atoms with Crippen LogP contribution in [0.1, 0.15) is 21.9 Å². The molecule has 0 spiro atoms. The van der Waals surface area contributed by atoms with Gasteiger partial charge in [0.1, 0.15) is 11.4 Å². The van der Waals surface area contributed by atoms with Gasteiger partial charge in [-0.2, -0.15) is 0 Å². The Bertz CT molecular complexity index is 1450. The van der Waals surface area contributed by atoms with E-state index in [2.05, 4.69) is 20.2 Å². The van der Waals surface area contributed by atoms with E-state index >= 15 is 0 Å². The minimum Gasteiger partial charge on any atom is -0.451 e. The second kappa shape index (κ2) is 9.23. The van der Waals surface area contributed by atoms with E-state index in [1.54, 1.807) is 18.2 Å². The second-order valence-electron chi connectivity index (χ2n) is 8.13. The fourth-order valence-electron chi connectivity index (χ4n) is 4.03. The molecule has 3 aromatic carbocycles. The van der Waals surface area contributed by atoms with Gasteiger partial charge in [0, 0.05) is 24.2 Å². The lowest BCUT2D eigenvalue weighted by atomic mass is 10.1. The number of nitrogens with zero attached hydrogens (tertiary/aromatic N) is 2. The summed E-state index contributed by atoms with van der Waals surface area (Å²) in [5, 5.41) is 6.68. The summed E-state index contributed by atoms with van der Waals surface area (Å²) in [6.07, 6.45) is 0.265. The molecule has 7 heteroatoms. The first-order valence-electron chi connectivity index (χ1n) is 11.1. The molecule has 170 valence electrons.